The molecule has 0 heterocycles. The maximum absolute atomic E-state index is 5.88. The summed E-state index contributed by atoms with van der Waals surface area (Å²) < 4.78 is 5.74. The number of aryl methyl sites for hydroxylation is 1. The smallest absolute Gasteiger partial charge is 0.130 e. The van der Waals surface area contributed by atoms with Crippen LogP contribution < -0.4 is 16.0 Å². The van der Waals surface area contributed by atoms with Gasteiger partial charge >= 0.3 is 0 Å². The largest absolute Gasteiger partial charge is 0.457 e. The molecule has 17 heavy (non-hydrogen) atoms. The van der Waals surface area contributed by atoms with Crippen molar-refractivity contribution in [3.8, 4) is 11.5 Å². The molecule has 0 fully saturated rings. The Morgan fingerprint density at radius 3 is 2.41 bits per heavy atom. The second-order valence-electron chi connectivity index (χ2n) is 3.68. The van der Waals surface area contributed by atoms with E-state index >= 15 is 0 Å². The Kier molecular flexibility index (Phi) is 3.52. The molecule has 88 valence electrons. The minimum Gasteiger partial charge on any atom is -0.457 e. The number of hydrogen-bond acceptors (Lipinski definition) is 3. The minimum absolute atomic E-state index is 0.706. The molecule has 3 nitrogen and oxygen atoms in total. The number of rotatable bonds is 3. The maximum atomic E-state index is 5.88. The Labute approximate surface area is 105 Å². The number of benzene rings is 2. The molecule has 2 aromatic rings. The average molecular weight is 249 g/mol. The predicted molar refractivity (Wildman–Crippen MR) is 70.5 cm³/mol. The van der Waals surface area contributed by atoms with E-state index in [0.717, 1.165) is 22.7 Å². The summed E-state index contributed by atoms with van der Waals surface area (Å²) in [5.41, 5.74) is 4.40. The SMILES string of the molecule is Cc1cc(Cl)ccc1Oc1ccc(NN)cc1. The monoisotopic (exact) mass is 248 g/mol. The highest BCUT2D eigenvalue weighted by molar-refractivity contribution is 6.30. The summed E-state index contributed by atoms with van der Waals surface area (Å²) in [5, 5.41) is 0.706. The average Bonchev–Trinajstić information content (AvgIpc) is 2.34. The molecule has 0 aromatic heterocycles. The number of nitrogens with two attached hydrogens (primary N) is 1. The van der Waals surface area contributed by atoms with Crippen LogP contribution >= 0.6 is 11.6 Å². The van der Waals surface area contributed by atoms with Gasteiger partial charge in [0.05, 0.1) is 0 Å². The molecule has 2 aromatic carbocycles. The van der Waals surface area contributed by atoms with Gasteiger partial charge in [-0.2, -0.15) is 0 Å². The number of halogens is 1. The van der Waals surface area contributed by atoms with E-state index in [4.69, 9.17) is 22.2 Å². The number of nitrogens with one attached hydrogen (secondary N) is 1. The van der Waals surface area contributed by atoms with Crippen molar-refractivity contribution in [2.75, 3.05) is 5.43 Å². The van der Waals surface area contributed by atoms with Gasteiger partial charge < -0.3 is 10.2 Å². The molecule has 0 unspecified atom stereocenters. The topological polar surface area (TPSA) is 47.3 Å². The molecule has 0 aliphatic carbocycles. The summed E-state index contributed by atoms with van der Waals surface area (Å²) in [4.78, 5) is 0. The van der Waals surface area contributed by atoms with E-state index in [-0.39, 0.29) is 0 Å². The summed E-state index contributed by atoms with van der Waals surface area (Å²) in [5.74, 6) is 6.84. The van der Waals surface area contributed by atoms with Crippen molar-refractivity contribution in [2.24, 2.45) is 5.84 Å². The summed E-state index contributed by atoms with van der Waals surface area (Å²) in [6.45, 7) is 1.96. The molecule has 0 aliphatic rings. The molecule has 0 aliphatic heterocycles. The highest BCUT2D eigenvalue weighted by atomic mass is 35.5. The predicted octanol–water partition coefficient (Wildman–Crippen LogP) is 3.73. The van der Waals surface area contributed by atoms with E-state index in [1.165, 1.54) is 0 Å². The van der Waals surface area contributed by atoms with Crippen LogP contribution in [0.4, 0.5) is 5.69 Å². The zero-order chi connectivity index (χ0) is 12.3. The molecule has 2 rings (SSSR count). The Morgan fingerprint density at radius 1 is 1.12 bits per heavy atom. The molecule has 4 heteroatoms. The number of hydrazine groups is 1. The quantitative estimate of drug-likeness (QED) is 0.643. The van der Waals surface area contributed by atoms with E-state index < -0.39 is 0 Å². The van der Waals surface area contributed by atoms with Gasteiger partial charge in [0.1, 0.15) is 11.5 Å². The molecular formula is C13H13ClN2O. The van der Waals surface area contributed by atoms with Crippen LogP contribution in [-0.4, -0.2) is 0 Å². The van der Waals surface area contributed by atoms with Crippen molar-refractivity contribution in [1.82, 2.24) is 0 Å². The van der Waals surface area contributed by atoms with Gasteiger partial charge in [-0.3, -0.25) is 5.84 Å². The van der Waals surface area contributed by atoms with Gasteiger partial charge in [0.15, 0.2) is 0 Å². The van der Waals surface area contributed by atoms with Gasteiger partial charge in [0.25, 0.3) is 0 Å². The fraction of sp³-hybridized carbons (Fsp3) is 0.0769. The van der Waals surface area contributed by atoms with Crippen molar-refractivity contribution in [2.45, 2.75) is 6.92 Å². The van der Waals surface area contributed by atoms with Crippen LogP contribution in [0.3, 0.4) is 0 Å². The van der Waals surface area contributed by atoms with E-state index in [1.807, 2.05) is 43.3 Å². The standard InChI is InChI=1S/C13H13ClN2O/c1-9-8-10(14)2-7-13(9)17-12-5-3-11(16-15)4-6-12/h2-8,16H,15H2,1H3. The maximum Gasteiger partial charge on any atom is 0.130 e. The van der Waals surface area contributed by atoms with E-state index in [2.05, 4.69) is 5.43 Å². The number of hydrogen-bond donors (Lipinski definition) is 2. The molecular weight excluding hydrogens is 236 g/mol. The summed E-state index contributed by atoms with van der Waals surface area (Å²) in [6, 6.07) is 12.9. The van der Waals surface area contributed by atoms with Crippen molar-refractivity contribution in [3.63, 3.8) is 0 Å². The second kappa shape index (κ2) is 5.08. The first kappa shape index (κ1) is 11.8. The Balaban J connectivity index is 2.19. The Bertz CT molecular complexity index is 511. The van der Waals surface area contributed by atoms with Gasteiger partial charge in [-0.25, -0.2) is 0 Å². The normalized spacial score (nSPS) is 10.1. The lowest BCUT2D eigenvalue weighted by atomic mass is 10.2. The third kappa shape index (κ3) is 2.90. The summed E-state index contributed by atoms with van der Waals surface area (Å²) >= 11 is 5.88. The van der Waals surface area contributed by atoms with Crippen LogP contribution in [0, 0.1) is 6.92 Å². The fourth-order valence-electron chi connectivity index (χ4n) is 1.47. The first-order chi connectivity index (χ1) is 8.19. The van der Waals surface area contributed by atoms with Gasteiger partial charge in [0, 0.05) is 10.7 Å². The molecule has 0 saturated carbocycles. The number of nitrogen functional groups attached to an aromatic ring is 1. The van der Waals surface area contributed by atoms with Crippen LogP contribution in [0.1, 0.15) is 5.56 Å². The molecule has 0 amide bonds. The van der Waals surface area contributed by atoms with Gasteiger partial charge in [-0.15, -0.1) is 0 Å². The lowest BCUT2D eigenvalue weighted by Crippen LogP contribution is -2.05. The lowest BCUT2D eigenvalue weighted by Gasteiger charge is -2.09. The van der Waals surface area contributed by atoms with E-state index in [1.54, 1.807) is 6.07 Å². The molecule has 0 atom stereocenters. The molecule has 0 radical (unpaired) electrons. The van der Waals surface area contributed by atoms with Crippen molar-refractivity contribution in [3.05, 3.63) is 53.1 Å². The van der Waals surface area contributed by atoms with Crippen LogP contribution in [0.25, 0.3) is 0 Å². The zero-order valence-electron chi connectivity index (χ0n) is 9.41. The Hall–Kier alpha value is -1.71. The van der Waals surface area contributed by atoms with Crippen LogP contribution in [0.5, 0.6) is 11.5 Å². The van der Waals surface area contributed by atoms with Crippen molar-refractivity contribution < 1.29 is 4.74 Å². The molecule has 0 saturated heterocycles. The second-order valence-corrected chi connectivity index (χ2v) is 4.12. The zero-order valence-corrected chi connectivity index (χ0v) is 10.2. The number of ether oxygens (including phenoxy) is 1. The Morgan fingerprint density at radius 2 is 1.82 bits per heavy atom. The van der Waals surface area contributed by atoms with Crippen LogP contribution in [-0.2, 0) is 0 Å². The van der Waals surface area contributed by atoms with Gasteiger partial charge in [0.2, 0.25) is 0 Å². The first-order valence-electron chi connectivity index (χ1n) is 5.20. The summed E-state index contributed by atoms with van der Waals surface area (Å²) in [6.07, 6.45) is 0. The highest BCUT2D eigenvalue weighted by Gasteiger charge is 2.02. The van der Waals surface area contributed by atoms with Crippen molar-refractivity contribution in [1.29, 1.82) is 0 Å². The van der Waals surface area contributed by atoms with Gasteiger partial charge in [-0.05, 0) is 55.0 Å². The molecule has 3 N–H and O–H groups in total. The minimum atomic E-state index is 0.706. The number of anilines is 1. The molecule has 0 spiro atoms. The third-order valence-electron chi connectivity index (χ3n) is 2.39. The molecule has 0 bridgehead atoms. The van der Waals surface area contributed by atoms with E-state index in [0.29, 0.717) is 5.02 Å². The van der Waals surface area contributed by atoms with Crippen LogP contribution in [0.15, 0.2) is 42.5 Å². The third-order valence-corrected chi connectivity index (χ3v) is 2.62. The highest BCUT2D eigenvalue weighted by Crippen LogP contribution is 2.27. The van der Waals surface area contributed by atoms with Crippen LogP contribution in [0.2, 0.25) is 5.02 Å². The fourth-order valence-corrected chi connectivity index (χ4v) is 1.70. The first-order valence-corrected chi connectivity index (χ1v) is 5.57. The van der Waals surface area contributed by atoms with E-state index in [9.17, 15) is 0 Å². The van der Waals surface area contributed by atoms with Crippen molar-refractivity contribution >= 4 is 17.3 Å². The summed E-state index contributed by atoms with van der Waals surface area (Å²) in [7, 11) is 0. The lowest BCUT2D eigenvalue weighted by molar-refractivity contribution is 0.479. The van der Waals surface area contributed by atoms with Gasteiger partial charge in [-0.1, -0.05) is 11.6 Å².